The number of aryl methyl sites for hydroxylation is 4. The van der Waals surface area contributed by atoms with E-state index in [4.69, 9.17) is 9.47 Å². The minimum absolute atomic E-state index is 0.0866. The van der Waals surface area contributed by atoms with Crippen LogP contribution in [-0.2, 0) is 26.2 Å². The van der Waals surface area contributed by atoms with Crippen molar-refractivity contribution in [1.29, 1.82) is 0 Å². The molecule has 12 heteroatoms. The number of methoxy groups -OCH3 is 2. The van der Waals surface area contributed by atoms with Gasteiger partial charge in [-0.25, -0.2) is 9.59 Å². The molecule has 0 radical (unpaired) electrons. The lowest BCUT2D eigenvalue weighted by Crippen LogP contribution is -2.65. The number of amides is 4. The van der Waals surface area contributed by atoms with Crippen LogP contribution in [0.1, 0.15) is 65.0 Å². The van der Waals surface area contributed by atoms with Gasteiger partial charge >= 0.3 is 12.1 Å². The molecule has 4 aromatic rings. The van der Waals surface area contributed by atoms with Crippen molar-refractivity contribution in [2.24, 2.45) is 10.8 Å². The normalized spacial score (nSPS) is 19.9. The van der Waals surface area contributed by atoms with Gasteiger partial charge in [0.15, 0.2) is 0 Å². The largest absolute Gasteiger partial charge is 0.496 e. The van der Waals surface area contributed by atoms with Crippen molar-refractivity contribution in [3.05, 3.63) is 93.6 Å². The van der Waals surface area contributed by atoms with Crippen molar-refractivity contribution in [1.82, 2.24) is 40.0 Å². The van der Waals surface area contributed by atoms with Crippen LogP contribution in [0.15, 0.2) is 48.8 Å². The number of hydrogen-bond donors (Lipinski definition) is 2. The number of piperidine rings is 2. The predicted molar refractivity (Wildman–Crippen MR) is 196 cm³/mol. The number of carbonyl (C=O) groups excluding carboxylic acids is 2. The summed E-state index contributed by atoms with van der Waals surface area (Å²) in [5.74, 6) is 1.58. The summed E-state index contributed by atoms with van der Waals surface area (Å²) >= 11 is 0. The Balaban J connectivity index is 1.05. The number of nitrogens with one attached hydrogen (secondary N) is 2. The Morgan fingerprint density at radius 3 is 1.41 bits per heavy atom. The Morgan fingerprint density at radius 1 is 0.686 bits per heavy atom. The third-order valence-corrected chi connectivity index (χ3v) is 10.3. The second-order valence-electron chi connectivity index (χ2n) is 15.3. The van der Waals surface area contributed by atoms with Gasteiger partial charge in [0, 0.05) is 73.6 Å². The number of likely N-dealkylation sites (tertiary alicyclic amines) is 2. The molecule has 2 fully saturated rings. The molecule has 272 valence electrons. The van der Waals surface area contributed by atoms with Crippen molar-refractivity contribution in [2.75, 3.05) is 40.4 Å². The molecule has 0 spiro atoms. The van der Waals surface area contributed by atoms with E-state index in [2.05, 4.69) is 60.7 Å². The summed E-state index contributed by atoms with van der Waals surface area (Å²) in [6.07, 6.45) is 5.02. The molecule has 2 saturated heterocycles. The van der Waals surface area contributed by atoms with Crippen LogP contribution in [0, 0.1) is 38.5 Å². The highest BCUT2D eigenvalue weighted by Gasteiger charge is 2.50. The molecule has 2 aliphatic rings. The summed E-state index contributed by atoms with van der Waals surface area (Å²) in [6.45, 7) is 16.8. The summed E-state index contributed by atoms with van der Waals surface area (Å²) in [5.41, 5.74) is 7.85. The molecule has 0 atom stereocenters. The first kappa shape index (κ1) is 35.8. The fraction of sp³-hybridized carbons (Fsp3) is 0.487. The van der Waals surface area contributed by atoms with Crippen molar-refractivity contribution in [2.45, 2.75) is 74.1 Å². The highest BCUT2D eigenvalue weighted by molar-refractivity contribution is 5.76. The fourth-order valence-corrected chi connectivity index (χ4v) is 8.05. The molecule has 2 bridgehead atoms. The molecule has 2 aliphatic heterocycles. The van der Waals surface area contributed by atoms with Crippen LogP contribution in [0.3, 0.4) is 0 Å². The molecule has 4 amide bonds. The number of carbonyl (C=O) groups is 2. The number of benzene rings is 2. The molecule has 12 nitrogen and oxygen atoms in total. The number of aromatic nitrogens is 4. The van der Waals surface area contributed by atoms with E-state index in [1.807, 2.05) is 69.7 Å². The predicted octanol–water partition coefficient (Wildman–Crippen LogP) is 5.58. The van der Waals surface area contributed by atoms with Gasteiger partial charge in [0.1, 0.15) is 11.5 Å². The number of nitrogens with zero attached hydrogens (tertiary/aromatic N) is 6. The maximum atomic E-state index is 13.6. The Bertz CT molecular complexity index is 1730. The molecule has 6 rings (SSSR count). The van der Waals surface area contributed by atoms with Crippen molar-refractivity contribution in [3.63, 3.8) is 0 Å². The number of hydrogen-bond acceptors (Lipinski definition) is 6. The maximum absolute atomic E-state index is 13.6. The van der Waals surface area contributed by atoms with Gasteiger partial charge in [-0.2, -0.15) is 10.2 Å². The van der Waals surface area contributed by atoms with E-state index in [-0.39, 0.29) is 22.9 Å². The zero-order valence-corrected chi connectivity index (χ0v) is 31.3. The summed E-state index contributed by atoms with van der Waals surface area (Å²) < 4.78 is 15.1. The SMILES string of the molecule is COc1ccc(CNC(=O)N2CC3(C)CN(C(=O)NCc4ccc(OC)c(Cn5cc(C)c(C)n5)c4)CC(C)(C2)C3)cc1Cn1cc(C)c(C)n1. The minimum Gasteiger partial charge on any atom is -0.496 e. The Labute approximate surface area is 301 Å². The summed E-state index contributed by atoms with van der Waals surface area (Å²) in [6, 6.07) is 11.8. The lowest BCUT2D eigenvalue weighted by Gasteiger charge is -2.56. The summed E-state index contributed by atoms with van der Waals surface area (Å²) in [7, 11) is 3.34. The first-order chi connectivity index (χ1) is 24.2. The van der Waals surface area contributed by atoms with E-state index in [1.165, 1.54) is 0 Å². The topological polar surface area (TPSA) is 119 Å². The van der Waals surface area contributed by atoms with E-state index in [1.54, 1.807) is 14.2 Å². The van der Waals surface area contributed by atoms with E-state index in [0.29, 0.717) is 52.4 Å². The Hall–Kier alpha value is -5.00. The van der Waals surface area contributed by atoms with Crippen molar-refractivity contribution >= 4 is 12.1 Å². The smallest absolute Gasteiger partial charge is 0.317 e. The van der Waals surface area contributed by atoms with E-state index >= 15 is 0 Å². The quantitative estimate of drug-likeness (QED) is 0.224. The maximum Gasteiger partial charge on any atom is 0.317 e. The monoisotopic (exact) mass is 696 g/mol. The lowest BCUT2D eigenvalue weighted by atomic mass is 9.65. The number of urea groups is 2. The zero-order chi connectivity index (χ0) is 36.5. The average molecular weight is 697 g/mol. The molecule has 0 aliphatic carbocycles. The van der Waals surface area contributed by atoms with Gasteiger partial charge in [-0.15, -0.1) is 0 Å². The molecular weight excluding hydrogens is 644 g/mol. The summed E-state index contributed by atoms with van der Waals surface area (Å²) in [4.78, 5) is 31.0. The van der Waals surface area contributed by atoms with Gasteiger partial charge in [-0.1, -0.05) is 26.0 Å². The van der Waals surface area contributed by atoms with Gasteiger partial charge in [0.05, 0.1) is 38.7 Å². The van der Waals surface area contributed by atoms with Crippen molar-refractivity contribution in [3.8, 4) is 11.5 Å². The highest BCUT2D eigenvalue weighted by Crippen LogP contribution is 2.45. The molecule has 2 N–H and O–H groups in total. The third kappa shape index (κ3) is 8.16. The Kier molecular flexibility index (Phi) is 10.1. The second-order valence-corrected chi connectivity index (χ2v) is 15.3. The van der Waals surface area contributed by atoms with E-state index in [9.17, 15) is 9.59 Å². The third-order valence-electron chi connectivity index (χ3n) is 10.3. The van der Waals surface area contributed by atoms with Crippen LogP contribution < -0.4 is 20.1 Å². The van der Waals surface area contributed by atoms with E-state index in [0.717, 1.165) is 62.7 Å². The second kappa shape index (κ2) is 14.3. The van der Waals surface area contributed by atoms with Gasteiger partial charge in [-0.05, 0) is 80.6 Å². The van der Waals surface area contributed by atoms with Crippen LogP contribution in [0.2, 0.25) is 0 Å². The van der Waals surface area contributed by atoms with Crippen LogP contribution in [-0.4, -0.2) is 81.8 Å². The fourth-order valence-electron chi connectivity index (χ4n) is 8.05. The molecule has 0 saturated carbocycles. The molecule has 51 heavy (non-hydrogen) atoms. The van der Waals surface area contributed by atoms with Gasteiger partial charge < -0.3 is 29.9 Å². The van der Waals surface area contributed by atoms with Crippen LogP contribution in [0.5, 0.6) is 11.5 Å². The van der Waals surface area contributed by atoms with Crippen molar-refractivity contribution < 1.29 is 19.1 Å². The average Bonchev–Trinajstić information content (AvgIpc) is 3.57. The molecule has 0 unspecified atom stereocenters. The first-order valence-corrected chi connectivity index (χ1v) is 17.6. The van der Waals surface area contributed by atoms with Crippen LogP contribution in [0.25, 0.3) is 0 Å². The first-order valence-electron chi connectivity index (χ1n) is 17.6. The van der Waals surface area contributed by atoms with Crippen LogP contribution in [0.4, 0.5) is 9.59 Å². The van der Waals surface area contributed by atoms with Gasteiger partial charge in [0.25, 0.3) is 0 Å². The number of ether oxygens (including phenoxy) is 2. The standard InChI is InChI=1S/C39H52N8O4/c1-26-17-46(42-28(26)3)19-32-13-30(9-11-34(32)50-7)15-40-36(48)44-22-38(5)21-39(6,23-44)25-45(24-38)37(49)41-16-31-10-12-35(51-8)33(14-31)20-47-18-27(2)29(4)43-47/h9-14,17-18H,15-16,19-25H2,1-8H3,(H,40,48)(H,41,49). The highest BCUT2D eigenvalue weighted by atomic mass is 16.5. The minimum atomic E-state index is -0.222. The lowest BCUT2D eigenvalue weighted by molar-refractivity contribution is -0.0442. The molecule has 4 heterocycles. The molecule has 2 aromatic carbocycles. The number of fused-ring (bicyclic) bond motifs is 2. The van der Waals surface area contributed by atoms with Crippen LogP contribution >= 0.6 is 0 Å². The van der Waals surface area contributed by atoms with Gasteiger partial charge in [0.2, 0.25) is 0 Å². The molecular formula is C39H52N8O4. The Morgan fingerprint density at radius 2 is 1.08 bits per heavy atom. The zero-order valence-electron chi connectivity index (χ0n) is 31.3. The number of rotatable bonds is 10. The van der Waals surface area contributed by atoms with Gasteiger partial charge in [-0.3, -0.25) is 9.36 Å². The summed E-state index contributed by atoms with van der Waals surface area (Å²) in [5, 5.41) is 15.5. The molecule has 2 aromatic heterocycles. The van der Waals surface area contributed by atoms with E-state index < -0.39 is 0 Å².